The average Bonchev–Trinajstić information content (AvgIpc) is 3.08. The molecule has 1 aromatic heterocycles. The van der Waals surface area contributed by atoms with Crippen molar-refractivity contribution in [1.29, 1.82) is 0 Å². The van der Waals surface area contributed by atoms with Crippen LogP contribution in [0.4, 0.5) is 34.9 Å². The van der Waals surface area contributed by atoms with Gasteiger partial charge in [-0.1, -0.05) is 24.3 Å². The summed E-state index contributed by atoms with van der Waals surface area (Å²) in [5, 5.41) is 33.9. The molecular formula is C30H17N6Na5O14S4. The third-order valence-corrected chi connectivity index (χ3v) is 10.4. The van der Waals surface area contributed by atoms with Gasteiger partial charge >= 0.3 is 148 Å². The van der Waals surface area contributed by atoms with E-state index in [9.17, 15) is 54.1 Å². The van der Waals surface area contributed by atoms with E-state index in [-0.39, 0.29) is 209 Å². The molecule has 0 aliphatic carbocycles. The van der Waals surface area contributed by atoms with Crippen LogP contribution in [0, 0.1) is 0 Å². The van der Waals surface area contributed by atoms with Crippen LogP contribution in [-0.2, 0) is 39.7 Å². The van der Waals surface area contributed by atoms with E-state index in [1.165, 1.54) is 60.7 Å². The van der Waals surface area contributed by atoms with Gasteiger partial charge in [0.25, 0.3) is 0 Å². The van der Waals surface area contributed by atoms with Crippen LogP contribution in [0.25, 0.3) is 21.5 Å². The minimum absolute atomic E-state index is 0. The molecule has 0 atom stereocenters. The van der Waals surface area contributed by atoms with Crippen LogP contribution in [0.5, 0.6) is 0 Å². The van der Waals surface area contributed by atoms with Crippen molar-refractivity contribution in [3.05, 3.63) is 90.5 Å². The van der Waals surface area contributed by atoms with E-state index < -0.39 is 51.0 Å². The van der Waals surface area contributed by atoms with E-state index >= 15 is 0 Å². The Balaban J connectivity index is 0.00000348. The topological polar surface area (TPSA) is 328 Å². The second-order valence-corrected chi connectivity index (χ2v) is 15.7. The summed E-state index contributed by atoms with van der Waals surface area (Å²) in [5.41, 5.74) is 0.353. The number of carboxylic acid groups (broad SMARTS) is 1. The van der Waals surface area contributed by atoms with E-state index in [1.54, 1.807) is 0 Å². The maximum absolute atomic E-state index is 11.9. The first-order valence-corrected chi connectivity index (χ1v) is 19.4. The third kappa shape index (κ3) is 14.8. The van der Waals surface area contributed by atoms with Crippen LogP contribution < -0.4 is 174 Å². The van der Waals surface area contributed by atoms with Crippen LogP contribution >= 0.6 is 12.0 Å². The smallest absolute Gasteiger partial charge is 0.744 e. The zero-order valence-corrected chi connectivity index (χ0v) is 44.5. The van der Waals surface area contributed by atoms with E-state index in [2.05, 4.69) is 40.3 Å². The molecule has 0 aliphatic rings. The van der Waals surface area contributed by atoms with Gasteiger partial charge in [-0.05, 0) is 87.8 Å². The van der Waals surface area contributed by atoms with E-state index in [1.807, 2.05) is 0 Å². The molecule has 0 spiro atoms. The molecule has 5 aromatic carbocycles. The van der Waals surface area contributed by atoms with Gasteiger partial charge in [0.15, 0.2) is 0 Å². The second-order valence-electron chi connectivity index (χ2n) is 10.8. The second kappa shape index (κ2) is 23.4. The number of fused-ring (bicyclic) bond motifs is 2. The summed E-state index contributed by atoms with van der Waals surface area (Å²) >= 11 is 0.364. The van der Waals surface area contributed by atoms with Crippen molar-refractivity contribution in [2.45, 2.75) is 19.6 Å². The SMILES string of the molecule is O=C([O-])c1cccc(Nc2nc(Nc3ccc4c(SOO[O-])cc(S(=O)(=O)[O-])cc4c3)nc(Nc3ccc4c(S(=O)(=O)[O-])cc(S(=O)(=O)[O-])cc4c3)n2)c1.[Na+].[Na+].[Na+].[Na+].[Na+]. The average molecular weight is 929 g/mol. The number of aromatic carboxylic acids is 1. The number of nitrogens with zero attached hydrogens (tertiary/aromatic N) is 3. The molecule has 0 fully saturated rings. The number of hydrogen-bond donors (Lipinski definition) is 3. The number of carbonyl (C=O) groups is 1. The summed E-state index contributed by atoms with van der Waals surface area (Å²) in [4.78, 5) is 21.8. The predicted octanol–water partition coefficient (Wildman–Crippen LogP) is -13.3. The largest absolute Gasteiger partial charge is 1.00 e. The molecule has 0 radical (unpaired) electrons. The number of rotatable bonds is 13. The Labute approximate surface area is 450 Å². The van der Waals surface area contributed by atoms with Gasteiger partial charge in [-0.15, -0.1) is 0 Å². The number of anilines is 6. The molecule has 0 bridgehead atoms. The Kier molecular flexibility index (Phi) is 22.4. The summed E-state index contributed by atoms with van der Waals surface area (Å²) in [6.07, 6.45) is 0. The maximum Gasteiger partial charge on any atom is 1.00 e. The number of aromatic nitrogens is 3. The molecule has 6 rings (SSSR count). The minimum atomic E-state index is -5.23. The van der Waals surface area contributed by atoms with Crippen molar-refractivity contribution < 1.29 is 211 Å². The molecule has 29 heteroatoms. The van der Waals surface area contributed by atoms with Crippen LogP contribution in [0.15, 0.2) is 105 Å². The maximum atomic E-state index is 11.9. The van der Waals surface area contributed by atoms with Gasteiger partial charge in [-0.3, -0.25) is 5.04 Å². The molecule has 3 N–H and O–H groups in total. The first kappa shape index (κ1) is 56.5. The van der Waals surface area contributed by atoms with E-state index in [0.29, 0.717) is 23.5 Å². The van der Waals surface area contributed by atoms with Gasteiger partial charge < -0.3 is 44.8 Å². The summed E-state index contributed by atoms with van der Waals surface area (Å²) in [6.45, 7) is 0. The van der Waals surface area contributed by atoms with Gasteiger partial charge in [0.2, 0.25) is 17.8 Å². The van der Waals surface area contributed by atoms with Crippen molar-refractivity contribution in [2.24, 2.45) is 0 Å². The molecule has 1 heterocycles. The number of hydrogen-bond acceptors (Lipinski definition) is 21. The van der Waals surface area contributed by atoms with Gasteiger partial charge in [-0.25, -0.2) is 25.3 Å². The zero-order chi connectivity index (χ0) is 39.0. The van der Waals surface area contributed by atoms with Crippen molar-refractivity contribution in [3.8, 4) is 0 Å². The molecule has 280 valence electrons. The number of nitrogens with one attached hydrogen (secondary N) is 3. The Hall–Kier alpha value is -0.540. The zero-order valence-electron chi connectivity index (χ0n) is 31.3. The Bertz CT molecular complexity index is 2850. The fourth-order valence-corrected chi connectivity index (χ4v) is 7.54. The number of carboxylic acids is 1. The molecular weight excluding hydrogens is 912 g/mol. The molecule has 0 amide bonds. The van der Waals surface area contributed by atoms with E-state index in [4.69, 9.17) is 0 Å². The Morgan fingerprint density at radius 3 is 1.49 bits per heavy atom. The Morgan fingerprint density at radius 1 is 0.576 bits per heavy atom. The van der Waals surface area contributed by atoms with Gasteiger partial charge in [0.1, 0.15) is 30.4 Å². The minimum Gasteiger partial charge on any atom is -0.744 e. The molecule has 0 aliphatic heterocycles. The number of benzene rings is 5. The molecule has 0 unspecified atom stereocenters. The van der Waals surface area contributed by atoms with Gasteiger partial charge in [0.05, 0.1) is 32.7 Å². The van der Waals surface area contributed by atoms with Crippen molar-refractivity contribution in [3.63, 3.8) is 0 Å². The third-order valence-electron chi connectivity index (χ3n) is 7.28. The summed E-state index contributed by atoms with van der Waals surface area (Å²) < 4.78 is 111. The quantitative estimate of drug-likeness (QED) is 0.0318. The molecule has 20 nitrogen and oxygen atoms in total. The van der Waals surface area contributed by atoms with Crippen LogP contribution in [-0.4, -0.2) is 59.8 Å². The van der Waals surface area contributed by atoms with Gasteiger partial charge in [-0.2, -0.15) is 19.3 Å². The fourth-order valence-electron chi connectivity index (χ4n) is 5.04. The number of carbonyl (C=O) groups excluding carboxylic acids is 1. The van der Waals surface area contributed by atoms with Crippen molar-refractivity contribution in [1.82, 2.24) is 15.0 Å². The van der Waals surface area contributed by atoms with Gasteiger partial charge in [0, 0.05) is 22.0 Å². The van der Waals surface area contributed by atoms with Crippen LogP contribution in [0.3, 0.4) is 0 Å². The van der Waals surface area contributed by atoms with E-state index in [0.717, 1.165) is 18.2 Å². The summed E-state index contributed by atoms with van der Waals surface area (Å²) in [5.74, 6) is -2.05. The van der Waals surface area contributed by atoms with Crippen LogP contribution in [0.2, 0.25) is 0 Å². The molecule has 0 saturated carbocycles. The van der Waals surface area contributed by atoms with Crippen molar-refractivity contribution in [2.75, 3.05) is 16.0 Å². The standard InChI is InChI=1S/C30H22N6O14S4.5Na/c37-27(38)15-2-1-3-18(8-15)31-28-34-29(32-19-4-6-23-16(9-19)11-21(52(40,41)42)13-25(23)51-50-49-39)36-30(35-28)33-20-5-7-24-17(10-20)12-22(53(43,44)45)14-26(24)54(46,47)48;;;;;/h1-14,39H,(H,37,38)(H,40,41,42)(H,43,44,45)(H,46,47,48)(H3,31,32,33,34,35,36);;;;;/q;5*+1/p-5. The summed E-state index contributed by atoms with van der Waals surface area (Å²) in [6, 6.07) is 16.9. The fraction of sp³-hybridized carbons (Fsp3) is 0. The molecule has 0 saturated heterocycles. The molecule has 59 heavy (non-hydrogen) atoms. The monoisotopic (exact) mass is 928 g/mol. The molecule has 6 aromatic rings. The first-order valence-electron chi connectivity index (χ1n) is 14.4. The summed E-state index contributed by atoms with van der Waals surface area (Å²) in [7, 11) is -15.4. The van der Waals surface area contributed by atoms with Crippen LogP contribution in [0.1, 0.15) is 10.4 Å². The normalized spacial score (nSPS) is 11.1. The van der Waals surface area contributed by atoms with Crippen molar-refractivity contribution >= 4 is 105 Å². The first-order chi connectivity index (χ1) is 25.4. The predicted molar refractivity (Wildman–Crippen MR) is 180 cm³/mol. The Morgan fingerprint density at radius 2 is 1.03 bits per heavy atom.